The Balaban J connectivity index is 1.85. The third-order valence-electron chi connectivity index (χ3n) is 4.70. The molecule has 21 heavy (non-hydrogen) atoms. The number of rotatable bonds is 3. The normalized spacial score (nSPS) is 21.9. The van der Waals surface area contributed by atoms with E-state index in [0.717, 1.165) is 25.1 Å². The Morgan fingerprint density at radius 2 is 2.14 bits per heavy atom. The van der Waals surface area contributed by atoms with Gasteiger partial charge in [-0.15, -0.1) is 0 Å². The zero-order chi connectivity index (χ0) is 14.8. The molecule has 1 aliphatic rings. The highest BCUT2D eigenvalue weighted by Gasteiger charge is 2.25. The monoisotopic (exact) mass is 283 g/mol. The Labute approximate surface area is 127 Å². The van der Waals surface area contributed by atoms with Crippen LogP contribution in [0.25, 0.3) is 0 Å². The van der Waals surface area contributed by atoms with Gasteiger partial charge in [0.25, 0.3) is 0 Å². The predicted molar refractivity (Wildman–Crippen MR) is 86.1 cm³/mol. The first-order valence-corrected chi connectivity index (χ1v) is 8.05. The average molecular weight is 283 g/mol. The van der Waals surface area contributed by atoms with E-state index in [-0.39, 0.29) is 6.04 Å². The molecule has 2 aromatic rings. The zero-order valence-electron chi connectivity index (χ0n) is 13.0. The van der Waals surface area contributed by atoms with Crippen molar-refractivity contribution >= 4 is 0 Å². The van der Waals surface area contributed by atoms with E-state index >= 15 is 0 Å². The van der Waals surface area contributed by atoms with Crippen LogP contribution in [-0.2, 0) is 19.4 Å². The minimum Gasteiger partial charge on any atom is -0.324 e. The van der Waals surface area contributed by atoms with Gasteiger partial charge in [-0.2, -0.15) is 5.10 Å². The first-order chi connectivity index (χ1) is 10.2. The maximum absolute atomic E-state index is 6.61. The summed E-state index contributed by atoms with van der Waals surface area (Å²) >= 11 is 0. The number of hydrogen-bond donors (Lipinski definition) is 1. The molecule has 0 bridgehead atoms. The lowest BCUT2D eigenvalue weighted by Crippen LogP contribution is -2.24. The minimum absolute atomic E-state index is 0.143. The molecule has 3 rings (SSSR count). The summed E-state index contributed by atoms with van der Waals surface area (Å²) < 4.78 is 2.12. The summed E-state index contributed by atoms with van der Waals surface area (Å²) in [6, 6.07) is 11.0. The molecule has 1 aromatic carbocycles. The number of aromatic nitrogens is 2. The van der Waals surface area contributed by atoms with Gasteiger partial charge in [0.15, 0.2) is 0 Å². The van der Waals surface area contributed by atoms with E-state index in [1.807, 2.05) is 0 Å². The molecular formula is C18H25N3. The molecule has 0 saturated heterocycles. The maximum atomic E-state index is 6.61. The van der Waals surface area contributed by atoms with Gasteiger partial charge in [0, 0.05) is 18.3 Å². The molecule has 3 nitrogen and oxygen atoms in total. The van der Waals surface area contributed by atoms with Crippen molar-refractivity contribution in [2.24, 2.45) is 11.7 Å². The number of benzene rings is 1. The van der Waals surface area contributed by atoms with E-state index < -0.39 is 0 Å². The lowest BCUT2D eigenvalue weighted by molar-refractivity contribution is 0.390. The van der Waals surface area contributed by atoms with Crippen LogP contribution in [0.15, 0.2) is 30.3 Å². The highest BCUT2D eigenvalue weighted by Crippen LogP contribution is 2.33. The maximum Gasteiger partial charge on any atom is 0.0596 e. The zero-order valence-corrected chi connectivity index (χ0v) is 13.0. The standard InChI is InChI=1S/C18H25N3/c1-3-21-16(11-13(2)20-21)12-15-9-6-8-14-7-4-5-10-17(14)18(15)19/h4-5,7,10-11,15,18H,3,6,8-9,12,19H2,1-2H3. The number of fused-ring (bicyclic) bond motifs is 1. The molecule has 0 saturated carbocycles. The number of hydrogen-bond acceptors (Lipinski definition) is 2. The van der Waals surface area contributed by atoms with Crippen molar-refractivity contribution in [3.63, 3.8) is 0 Å². The van der Waals surface area contributed by atoms with Crippen LogP contribution in [-0.4, -0.2) is 9.78 Å². The van der Waals surface area contributed by atoms with Crippen molar-refractivity contribution in [3.8, 4) is 0 Å². The molecule has 1 aromatic heterocycles. The Morgan fingerprint density at radius 1 is 1.33 bits per heavy atom. The topological polar surface area (TPSA) is 43.8 Å². The number of nitrogens with zero attached hydrogens (tertiary/aromatic N) is 2. The summed E-state index contributed by atoms with van der Waals surface area (Å²) in [5.41, 5.74) is 11.8. The molecule has 0 aliphatic heterocycles. The molecule has 2 atom stereocenters. The molecule has 1 aliphatic carbocycles. The van der Waals surface area contributed by atoms with Crippen molar-refractivity contribution in [3.05, 3.63) is 52.8 Å². The quantitative estimate of drug-likeness (QED) is 0.877. The van der Waals surface area contributed by atoms with Gasteiger partial charge in [0.1, 0.15) is 0 Å². The van der Waals surface area contributed by atoms with Gasteiger partial charge < -0.3 is 5.73 Å². The summed E-state index contributed by atoms with van der Waals surface area (Å²) in [5, 5.41) is 4.56. The molecule has 0 radical (unpaired) electrons. The van der Waals surface area contributed by atoms with Crippen molar-refractivity contribution in [2.75, 3.05) is 0 Å². The largest absolute Gasteiger partial charge is 0.324 e. The molecule has 1 heterocycles. The van der Waals surface area contributed by atoms with Crippen LogP contribution in [0.3, 0.4) is 0 Å². The summed E-state index contributed by atoms with van der Waals surface area (Å²) in [5.74, 6) is 0.509. The first-order valence-electron chi connectivity index (χ1n) is 8.05. The van der Waals surface area contributed by atoms with Gasteiger partial charge in [0.05, 0.1) is 5.69 Å². The fourth-order valence-corrected chi connectivity index (χ4v) is 3.61. The average Bonchev–Trinajstić information content (AvgIpc) is 2.77. The van der Waals surface area contributed by atoms with E-state index in [1.165, 1.54) is 29.7 Å². The van der Waals surface area contributed by atoms with Gasteiger partial charge in [0.2, 0.25) is 0 Å². The Bertz CT molecular complexity index is 615. The Morgan fingerprint density at radius 3 is 2.95 bits per heavy atom. The summed E-state index contributed by atoms with van der Waals surface area (Å²) in [4.78, 5) is 0. The van der Waals surface area contributed by atoms with E-state index in [4.69, 9.17) is 5.73 Å². The second-order valence-electron chi connectivity index (χ2n) is 6.17. The van der Waals surface area contributed by atoms with Crippen LogP contribution in [0.2, 0.25) is 0 Å². The molecule has 0 spiro atoms. The lowest BCUT2D eigenvalue weighted by Gasteiger charge is -2.23. The van der Waals surface area contributed by atoms with Gasteiger partial charge in [-0.1, -0.05) is 24.3 Å². The number of aryl methyl sites for hydroxylation is 3. The van der Waals surface area contributed by atoms with Gasteiger partial charge in [-0.05, 0) is 62.6 Å². The highest BCUT2D eigenvalue weighted by molar-refractivity contribution is 5.31. The Kier molecular flexibility index (Phi) is 4.11. The molecule has 0 fully saturated rings. The van der Waals surface area contributed by atoms with Crippen molar-refractivity contribution in [1.82, 2.24) is 9.78 Å². The first kappa shape index (κ1) is 14.3. The molecule has 2 unspecified atom stereocenters. The van der Waals surface area contributed by atoms with Crippen LogP contribution >= 0.6 is 0 Å². The van der Waals surface area contributed by atoms with E-state index in [1.54, 1.807) is 0 Å². The molecule has 112 valence electrons. The van der Waals surface area contributed by atoms with Crippen molar-refractivity contribution in [2.45, 2.75) is 52.1 Å². The van der Waals surface area contributed by atoms with Crippen molar-refractivity contribution in [1.29, 1.82) is 0 Å². The second kappa shape index (κ2) is 6.02. The smallest absolute Gasteiger partial charge is 0.0596 e. The fourth-order valence-electron chi connectivity index (χ4n) is 3.61. The summed E-state index contributed by atoms with van der Waals surface area (Å²) in [6.07, 6.45) is 4.62. The van der Waals surface area contributed by atoms with Crippen LogP contribution in [0.5, 0.6) is 0 Å². The van der Waals surface area contributed by atoms with Crippen LogP contribution < -0.4 is 5.73 Å². The van der Waals surface area contributed by atoms with Crippen LogP contribution in [0.1, 0.15) is 48.3 Å². The van der Waals surface area contributed by atoms with E-state index in [0.29, 0.717) is 5.92 Å². The summed E-state index contributed by atoms with van der Waals surface area (Å²) in [6.45, 7) is 5.15. The van der Waals surface area contributed by atoms with Gasteiger partial charge >= 0.3 is 0 Å². The van der Waals surface area contributed by atoms with E-state index in [2.05, 4.69) is 54.0 Å². The minimum atomic E-state index is 0.143. The molecule has 0 amide bonds. The third kappa shape index (κ3) is 2.88. The van der Waals surface area contributed by atoms with Gasteiger partial charge in [-0.25, -0.2) is 0 Å². The Hall–Kier alpha value is -1.61. The number of nitrogens with two attached hydrogens (primary N) is 1. The molecular weight excluding hydrogens is 258 g/mol. The predicted octanol–water partition coefficient (Wildman–Crippen LogP) is 3.41. The molecule has 2 N–H and O–H groups in total. The van der Waals surface area contributed by atoms with E-state index in [9.17, 15) is 0 Å². The SMILES string of the molecule is CCn1nc(C)cc1CC1CCCc2ccccc2C1N. The third-order valence-corrected chi connectivity index (χ3v) is 4.70. The molecule has 3 heteroatoms. The van der Waals surface area contributed by atoms with Gasteiger partial charge in [-0.3, -0.25) is 4.68 Å². The summed E-state index contributed by atoms with van der Waals surface area (Å²) in [7, 11) is 0. The van der Waals surface area contributed by atoms with Crippen LogP contribution in [0.4, 0.5) is 0 Å². The highest BCUT2D eigenvalue weighted by atomic mass is 15.3. The lowest BCUT2D eigenvalue weighted by atomic mass is 9.88. The second-order valence-corrected chi connectivity index (χ2v) is 6.17. The fraction of sp³-hybridized carbons (Fsp3) is 0.500. The van der Waals surface area contributed by atoms with Crippen LogP contribution in [0, 0.1) is 12.8 Å². The van der Waals surface area contributed by atoms with Crippen molar-refractivity contribution < 1.29 is 0 Å².